The fraction of sp³-hybridized carbons (Fsp3) is 0.0714. The first-order chi connectivity index (χ1) is 10.5. The van der Waals surface area contributed by atoms with Gasteiger partial charge in [0.25, 0.3) is 5.91 Å². The fourth-order valence-corrected chi connectivity index (χ4v) is 2.17. The zero-order chi connectivity index (χ0) is 16.1. The maximum absolute atomic E-state index is 11.9. The van der Waals surface area contributed by atoms with E-state index in [9.17, 15) is 9.90 Å². The number of carbonyl (C=O) groups is 1. The lowest BCUT2D eigenvalue weighted by Gasteiger charge is -2.06. The SMILES string of the molecule is COc1cc(C=NNC(=O)c2cncc(Br)c2)cc(Cl)c1O. The van der Waals surface area contributed by atoms with Crippen molar-refractivity contribution in [2.24, 2.45) is 5.10 Å². The highest BCUT2D eigenvalue weighted by molar-refractivity contribution is 9.10. The molecule has 8 heteroatoms. The quantitative estimate of drug-likeness (QED) is 0.627. The number of phenolic OH excluding ortho intramolecular Hbond substituents is 1. The van der Waals surface area contributed by atoms with Crippen LogP contribution in [0.1, 0.15) is 15.9 Å². The number of ether oxygens (including phenoxy) is 1. The van der Waals surface area contributed by atoms with Crippen LogP contribution in [0.15, 0.2) is 40.2 Å². The Morgan fingerprint density at radius 1 is 1.45 bits per heavy atom. The van der Waals surface area contributed by atoms with Crippen LogP contribution in [0, 0.1) is 0 Å². The molecule has 1 heterocycles. The molecule has 0 aliphatic heterocycles. The number of aromatic hydroxyl groups is 1. The van der Waals surface area contributed by atoms with Gasteiger partial charge in [0, 0.05) is 16.9 Å². The molecule has 22 heavy (non-hydrogen) atoms. The predicted molar refractivity (Wildman–Crippen MR) is 86.7 cm³/mol. The van der Waals surface area contributed by atoms with Crippen LogP contribution in [-0.4, -0.2) is 29.3 Å². The van der Waals surface area contributed by atoms with Gasteiger partial charge >= 0.3 is 0 Å². The van der Waals surface area contributed by atoms with Gasteiger partial charge in [0.1, 0.15) is 0 Å². The minimum Gasteiger partial charge on any atom is -0.503 e. The van der Waals surface area contributed by atoms with Crippen molar-refractivity contribution in [3.63, 3.8) is 0 Å². The Morgan fingerprint density at radius 3 is 2.91 bits per heavy atom. The molecule has 0 saturated carbocycles. The first-order valence-corrected chi connectivity index (χ1v) is 7.19. The average Bonchev–Trinajstić information content (AvgIpc) is 2.50. The van der Waals surface area contributed by atoms with Crippen LogP contribution < -0.4 is 10.2 Å². The molecule has 0 radical (unpaired) electrons. The summed E-state index contributed by atoms with van der Waals surface area (Å²) in [4.78, 5) is 15.7. The smallest absolute Gasteiger partial charge is 0.272 e. The van der Waals surface area contributed by atoms with Gasteiger partial charge in [0.2, 0.25) is 0 Å². The van der Waals surface area contributed by atoms with Gasteiger partial charge in [-0.05, 0) is 39.7 Å². The molecule has 0 fully saturated rings. The Morgan fingerprint density at radius 2 is 2.23 bits per heavy atom. The second-order valence-corrected chi connectivity index (χ2v) is 5.47. The molecule has 1 amide bonds. The molecule has 1 aromatic heterocycles. The maximum atomic E-state index is 11.9. The number of phenols is 1. The van der Waals surface area contributed by atoms with Gasteiger partial charge in [-0.3, -0.25) is 9.78 Å². The van der Waals surface area contributed by atoms with E-state index in [0.29, 0.717) is 15.6 Å². The van der Waals surface area contributed by atoms with E-state index in [-0.39, 0.29) is 16.5 Å². The van der Waals surface area contributed by atoms with Crippen molar-refractivity contribution < 1.29 is 14.6 Å². The average molecular weight is 385 g/mol. The maximum Gasteiger partial charge on any atom is 0.272 e. The van der Waals surface area contributed by atoms with Crippen LogP contribution in [0.4, 0.5) is 0 Å². The third-order valence-electron chi connectivity index (χ3n) is 2.62. The lowest BCUT2D eigenvalue weighted by Crippen LogP contribution is -2.17. The summed E-state index contributed by atoms with van der Waals surface area (Å²) in [6.45, 7) is 0. The molecule has 114 valence electrons. The van der Waals surface area contributed by atoms with Gasteiger partial charge in [-0.2, -0.15) is 5.10 Å². The first-order valence-electron chi connectivity index (χ1n) is 6.01. The number of amides is 1. The number of benzene rings is 1. The van der Waals surface area contributed by atoms with E-state index in [2.05, 4.69) is 31.4 Å². The zero-order valence-electron chi connectivity index (χ0n) is 11.4. The van der Waals surface area contributed by atoms with Crippen LogP contribution in [0.25, 0.3) is 0 Å². The molecular weight excluding hydrogens is 374 g/mol. The number of nitrogens with zero attached hydrogens (tertiary/aromatic N) is 2. The molecule has 0 unspecified atom stereocenters. The summed E-state index contributed by atoms with van der Waals surface area (Å²) in [5.41, 5.74) is 3.30. The molecule has 0 aliphatic rings. The molecule has 0 saturated heterocycles. The molecular formula is C14H11BrClN3O3. The molecule has 2 rings (SSSR count). The van der Waals surface area contributed by atoms with Gasteiger partial charge in [-0.1, -0.05) is 11.6 Å². The Balaban J connectivity index is 2.10. The molecule has 0 aliphatic carbocycles. The van der Waals surface area contributed by atoms with E-state index >= 15 is 0 Å². The summed E-state index contributed by atoms with van der Waals surface area (Å²) < 4.78 is 5.67. The second-order valence-electron chi connectivity index (χ2n) is 4.14. The molecule has 2 N–H and O–H groups in total. The van der Waals surface area contributed by atoms with Crippen molar-refractivity contribution in [2.45, 2.75) is 0 Å². The van der Waals surface area contributed by atoms with Crippen molar-refractivity contribution in [3.8, 4) is 11.5 Å². The molecule has 0 atom stereocenters. The van der Waals surface area contributed by atoms with Crippen molar-refractivity contribution in [1.29, 1.82) is 0 Å². The highest BCUT2D eigenvalue weighted by atomic mass is 79.9. The van der Waals surface area contributed by atoms with Crippen molar-refractivity contribution in [3.05, 3.63) is 51.2 Å². The number of aromatic nitrogens is 1. The minimum absolute atomic E-state index is 0.128. The number of pyridine rings is 1. The van der Waals surface area contributed by atoms with E-state index in [1.54, 1.807) is 12.3 Å². The topological polar surface area (TPSA) is 83.8 Å². The lowest BCUT2D eigenvalue weighted by molar-refractivity contribution is 0.0954. The standard InChI is InChI=1S/C14H11BrClN3O3/c1-22-12-3-8(2-11(16)13(12)20)5-18-19-14(21)9-4-10(15)7-17-6-9/h2-7,20H,1H3,(H,19,21). The Kier molecular flexibility index (Phi) is 5.35. The lowest BCUT2D eigenvalue weighted by atomic mass is 10.2. The van der Waals surface area contributed by atoms with Crippen molar-refractivity contribution in [1.82, 2.24) is 10.4 Å². The molecule has 0 spiro atoms. The Hall–Kier alpha value is -2.12. The van der Waals surface area contributed by atoms with E-state index in [0.717, 1.165) is 0 Å². The number of rotatable bonds is 4. The van der Waals surface area contributed by atoms with Crippen LogP contribution in [0.5, 0.6) is 11.5 Å². The second kappa shape index (κ2) is 7.24. The third kappa shape index (κ3) is 3.96. The minimum atomic E-state index is -0.401. The summed E-state index contributed by atoms with van der Waals surface area (Å²) >= 11 is 9.09. The van der Waals surface area contributed by atoms with E-state index < -0.39 is 5.91 Å². The summed E-state index contributed by atoms with van der Waals surface area (Å²) in [6.07, 6.45) is 4.39. The summed E-state index contributed by atoms with van der Waals surface area (Å²) in [6, 6.07) is 4.66. The Bertz CT molecular complexity index is 737. The van der Waals surface area contributed by atoms with Crippen LogP contribution >= 0.6 is 27.5 Å². The van der Waals surface area contributed by atoms with Crippen LogP contribution in [0.3, 0.4) is 0 Å². The Labute approximate surface area is 139 Å². The van der Waals surface area contributed by atoms with E-state index in [1.165, 1.54) is 31.7 Å². The number of hydrazone groups is 1. The van der Waals surface area contributed by atoms with Gasteiger partial charge < -0.3 is 9.84 Å². The fourth-order valence-electron chi connectivity index (χ4n) is 1.59. The van der Waals surface area contributed by atoms with Gasteiger partial charge in [0.05, 0.1) is 23.9 Å². The number of hydrogen-bond donors (Lipinski definition) is 2. The molecule has 6 nitrogen and oxygen atoms in total. The van der Waals surface area contributed by atoms with Crippen LogP contribution in [0.2, 0.25) is 5.02 Å². The number of nitrogens with one attached hydrogen (secondary N) is 1. The summed E-state index contributed by atoms with van der Waals surface area (Å²) in [7, 11) is 1.41. The zero-order valence-corrected chi connectivity index (χ0v) is 13.7. The van der Waals surface area contributed by atoms with Gasteiger partial charge in [-0.25, -0.2) is 5.43 Å². The van der Waals surface area contributed by atoms with Crippen molar-refractivity contribution in [2.75, 3.05) is 7.11 Å². The third-order valence-corrected chi connectivity index (χ3v) is 3.34. The number of carbonyl (C=O) groups excluding carboxylic acids is 1. The predicted octanol–water partition coefficient (Wildman–Crippen LogP) is 2.98. The number of methoxy groups -OCH3 is 1. The van der Waals surface area contributed by atoms with E-state index in [1.807, 2.05) is 0 Å². The van der Waals surface area contributed by atoms with Gasteiger partial charge in [-0.15, -0.1) is 0 Å². The number of hydrogen-bond acceptors (Lipinski definition) is 5. The normalized spacial score (nSPS) is 10.7. The molecule has 2 aromatic rings. The first kappa shape index (κ1) is 16.3. The van der Waals surface area contributed by atoms with Gasteiger partial charge in [0.15, 0.2) is 11.5 Å². The largest absolute Gasteiger partial charge is 0.503 e. The monoisotopic (exact) mass is 383 g/mol. The van der Waals surface area contributed by atoms with Crippen LogP contribution in [-0.2, 0) is 0 Å². The summed E-state index contributed by atoms with van der Waals surface area (Å²) in [5.74, 6) is -0.330. The number of halogens is 2. The molecule has 0 bridgehead atoms. The molecule has 1 aromatic carbocycles. The van der Waals surface area contributed by atoms with E-state index in [4.69, 9.17) is 16.3 Å². The highest BCUT2D eigenvalue weighted by Crippen LogP contribution is 2.34. The van der Waals surface area contributed by atoms with Crippen molar-refractivity contribution >= 4 is 39.7 Å². The highest BCUT2D eigenvalue weighted by Gasteiger charge is 2.08. The summed E-state index contributed by atoms with van der Waals surface area (Å²) in [5, 5.41) is 13.6.